The molecule has 3 N–H and O–H groups in total. The van der Waals surface area contributed by atoms with E-state index in [2.05, 4.69) is 12.2 Å². The van der Waals surface area contributed by atoms with E-state index in [1.807, 2.05) is 4.90 Å². The molecule has 5 heteroatoms. The molecule has 2 amide bonds. The Bertz CT molecular complexity index is 288. The van der Waals surface area contributed by atoms with Crippen LogP contribution in [0, 0.1) is 5.92 Å². The molecule has 1 saturated heterocycles. The Balaban J connectivity index is 2.14. The van der Waals surface area contributed by atoms with Gasteiger partial charge in [0.1, 0.15) is 0 Å². The van der Waals surface area contributed by atoms with Gasteiger partial charge < -0.3 is 16.0 Å². The zero-order valence-electron chi connectivity index (χ0n) is 12.0. The van der Waals surface area contributed by atoms with Crippen LogP contribution in [0.2, 0.25) is 0 Å². The molecule has 1 aliphatic heterocycles. The molecule has 0 aromatic carbocycles. The molecule has 0 saturated carbocycles. The van der Waals surface area contributed by atoms with E-state index in [0.29, 0.717) is 18.9 Å². The van der Waals surface area contributed by atoms with Crippen LogP contribution < -0.4 is 11.1 Å². The number of carbonyl (C=O) groups excluding carboxylic acids is 2. The number of rotatable bonds is 8. The number of carbonyl (C=O) groups is 2. The summed E-state index contributed by atoms with van der Waals surface area (Å²) in [5.74, 6) is 0.535. The van der Waals surface area contributed by atoms with Gasteiger partial charge in [-0.25, -0.2) is 0 Å². The van der Waals surface area contributed by atoms with Crippen molar-refractivity contribution in [3.05, 3.63) is 0 Å². The minimum absolute atomic E-state index is 0.0250. The summed E-state index contributed by atoms with van der Waals surface area (Å²) >= 11 is 0. The zero-order chi connectivity index (χ0) is 14.1. The Kier molecular flexibility index (Phi) is 7.48. The standard InChI is InChI=1S/C14H27N3O2/c1-2-12(7-8-15)5-6-13(18)16-11-14(19)17-9-3-4-10-17/h12H,2-11,15H2,1H3,(H,16,18). The molecule has 0 aliphatic carbocycles. The van der Waals surface area contributed by atoms with E-state index in [4.69, 9.17) is 5.73 Å². The van der Waals surface area contributed by atoms with Gasteiger partial charge in [0.2, 0.25) is 11.8 Å². The van der Waals surface area contributed by atoms with Crippen LogP contribution in [-0.2, 0) is 9.59 Å². The lowest BCUT2D eigenvalue weighted by molar-refractivity contribution is -0.132. The predicted molar refractivity (Wildman–Crippen MR) is 75.5 cm³/mol. The third-order valence-corrected chi connectivity index (χ3v) is 3.83. The topological polar surface area (TPSA) is 75.4 Å². The highest BCUT2D eigenvalue weighted by Crippen LogP contribution is 2.14. The maximum atomic E-state index is 11.7. The molecule has 1 atom stereocenters. The van der Waals surface area contributed by atoms with E-state index in [-0.39, 0.29) is 18.4 Å². The predicted octanol–water partition coefficient (Wildman–Crippen LogP) is 0.880. The van der Waals surface area contributed by atoms with Gasteiger partial charge in [0.25, 0.3) is 0 Å². The van der Waals surface area contributed by atoms with E-state index in [1.165, 1.54) is 0 Å². The smallest absolute Gasteiger partial charge is 0.241 e. The Hall–Kier alpha value is -1.10. The molecule has 1 aliphatic rings. The molecule has 0 spiro atoms. The van der Waals surface area contributed by atoms with Crippen molar-refractivity contribution in [1.82, 2.24) is 10.2 Å². The van der Waals surface area contributed by atoms with E-state index >= 15 is 0 Å². The van der Waals surface area contributed by atoms with Crippen molar-refractivity contribution in [2.45, 2.75) is 45.4 Å². The van der Waals surface area contributed by atoms with Gasteiger partial charge in [-0.1, -0.05) is 13.3 Å². The first-order valence-corrected chi connectivity index (χ1v) is 7.42. The van der Waals surface area contributed by atoms with Crippen LogP contribution in [0.25, 0.3) is 0 Å². The number of hydrogen-bond acceptors (Lipinski definition) is 3. The second kappa shape index (κ2) is 8.91. The molecular formula is C14H27N3O2. The molecular weight excluding hydrogens is 242 g/mol. The summed E-state index contributed by atoms with van der Waals surface area (Å²) in [7, 11) is 0. The maximum absolute atomic E-state index is 11.7. The molecule has 110 valence electrons. The monoisotopic (exact) mass is 269 g/mol. The number of nitrogens with one attached hydrogen (secondary N) is 1. The fourth-order valence-electron chi connectivity index (χ4n) is 2.46. The van der Waals surface area contributed by atoms with Gasteiger partial charge in [-0.15, -0.1) is 0 Å². The number of hydrogen-bond donors (Lipinski definition) is 2. The largest absolute Gasteiger partial charge is 0.347 e. The molecule has 1 rings (SSSR count). The summed E-state index contributed by atoms with van der Waals surface area (Å²) in [6.45, 7) is 4.61. The molecule has 0 radical (unpaired) electrons. The molecule has 0 aromatic rings. The SMILES string of the molecule is CCC(CCN)CCC(=O)NCC(=O)N1CCCC1. The van der Waals surface area contributed by atoms with Gasteiger partial charge in [0.05, 0.1) is 6.54 Å². The first-order chi connectivity index (χ1) is 9.17. The average Bonchev–Trinajstić information content (AvgIpc) is 2.94. The molecule has 0 aromatic heterocycles. The summed E-state index contributed by atoms with van der Waals surface area (Å²) in [5, 5.41) is 2.72. The van der Waals surface area contributed by atoms with E-state index in [1.54, 1.807) is 0 Å². The van der Waals surface area contributed by atoms with Crippen LogP contribution in [0.3, 0.4) is 0 Å². The minimum Gasteiger partial charge on any atom is -0.347 e. The van der Waals surface area contributed by atoms with Gasteiger partial charge in [-0.3, -0.25) is 9.59 Å². The highest BCUT2D eigenvalue weighted by atomic mass is 16.2. The number of nitrogens with zero attached hydrogens (tertiary/aromatic N) is 1. The van der Waals surface area contributed by atoms with Gasteiger partial charge in [-0.2, -0.15) is 0 Å². The summed E-state index contributed by atoms with van der Waals surface area (Å²) in [5.41, 5.74) is 5.53. The van der Waals surface area contributed by atoms with Crippen LogP contribution in [0.15, 0.2) is 0 Å². The van der Waals surface area contributed by atoms with E-state index in [0.717, 1.165) is 45.2 Å². The van der Waals surface area contributed by atoms with Crippen molar-refractivity contribution in [1.29, 1.82) is 0 Å². The first kappa shape index (κ1) is 16.0. The van der Waals surface area contributed by atoms with Gasteiger partial charge in [0.15, 0.2) is 0 Å². The Morgan fingerprint density at radius 1 is 1.26 bits per heavy atom. The Labute approximate surface area is 115 Å². The third-order valence-electron chi connectivity index (χ3n) is 3.83. The van der Waals surface area contributed by atoms with E-state index < -0.39 is 0 Å². The fourth-order valence-corrected chi connectivity index (χ4v) is 2.46. The van der Waals surface area contributed by atoms with Crippen LogP contribution in [0.4, 0.5) is 0 Å². The van der Waals surface area contributed by atoms with Crippen LogP contribution in [0.5, 0.6) is 0 Å². The number of amides is 2. The molecule has 0 bridgehead atoms. The molecule has 1 unspecified atom stereocenters. The van der Waals surface area contributed by atoms with Crippen LogP contribution >= 0.6 is 0 Å². The minimum atomic E-state index is -0.0250. The zero-order valence-corrected chi connectivity index (χ0v) is 12.0. The summed E-state index contributed by atoms with van der Waals surface area (Å²) in [6.07, 6.45) is 5.53. The lowest BCUT2D eigenvalue weighted by Gasteiger charge is -2.16. The summed E-state index contributed by atoms with van der Waals surface area (Å²) in [4.78, 5) is 25.2. The van der Waals surface area contributed by atoms with Crippen molar-refractivity contribution in [2.75, 3.05) is 26.2 Å². The van der Waals surface area contributed by atoms with Crippen molar-refractivity contribution in [2.24, 2.45) is 11.7 Å². The van der Waals surface area contributed by atoms with Gasteiger partial charge >= 0.3 is 0 Å². The lowest BCUT2D eigenvalue weighted by atomic mass is 9.96. The molecule has 1 heterocycles. The van der Waals surface area contributed by atoms with Crippen LogP contribution in [0.1, 0.15) is 45.4 Å². The highest BCUT2D eigenvalue weighted by molar-refractivity contribution is 5.84. The average molecular weight is 269 g/mol. The highest BCUT2D eigenvalue weighted by Gasteiger charge is 2.18. The van der Waals surface area contributed by atoms with E-state index in [9.17, 15) is 9.59 Å². The van der Waals surface area contributed by atoms with Crippen LogP contribution in [-0.4, -0.2) is 42.9 Å². The van der Waals surface area contributed by atoms with Crippen molar-refractivity contribution in [3.63, 3.8) is 0 Å². The molecule has 5 nitrogen and oxygen atoms in total. The lowest BCUT2D eigenvalue weighted by Crippen LogP contribution is -2.38. The Morgan fingerprint density at radius 2 is 1.95 bits per heavy atom. The summed E-state index contributed by atoms with van der Waals surface area (Å²) < 4.78 is 0. The number of likely N-dealkylation sites (tertiary alicyclic amines) is 1. The van der Waals surface area contributed by atoms with Crippen molar-refractivity contribution in [3.8, 4) is 0 Å². The van der Waals surface area contributed by atoms with Crippen molar-refractivity contribution < 1.29 is 9.59 Å². The molecule has 1 fully saturated rings. The number of nitrogens with two attached hydrogens (primary N) is 1. The Morgan fingerprint density at radius 3 is 2.53 bits per heavy atom. The quantitative estimate of drug-likeness (QED) is 0.687. The maximum Gasteiger partial charge on any atom is 0.241 e. The van der Waals surface area contributed by atoms with Gasteiger partial charge in [0, 0.05) is 19.5 Å². The fraction of sp³-hybridized carbons (Fsp3) is 0.857. The second-order valence-electron chi connectivity index (χ2n) is 5.25. The van der Waals surface area contributed by atoms with Crippen molar-refractivity contribution >= 4 is 11.8 Å². The molecule has 19 heavy (non-hydrogen) atoms. The third kappa shape index (κ3) is 6.05. The normalized spacial score (nSPS) is 16.4. The first-order valence-electron chi connectivity index (χ1n) is 7.42. The summed E-state index contributed by atoms with van der Waals surface area (Å²) in [6, 6.07) is 0. The van der Waals surface area contributed by atoms with Gasteiger partial charge in [-0.05, 0) is 38.1 Å². The second-order valence-corrected chi connectivity index (χ2v) is 5.25.